The van der Waals surface area contributed by atoms with E-state index in [2.05, 4.69) is 35.3 Å². The molecule has 3 nitrogen and oxygen atoms in total. The average molecular weight is 260 g/mol. The number of benzene rings is 1. The molecule has 0 saturated carbocycles. The SMILES string of the molecule is CC(C)C(=O)N(C)N1CCC(c2ccccc2)CC1. The van der Waals surface area contributed by atoms with E-state index in [9.17, 15) is 4.79 Å². The molecule has 1 heterocycles. The maximum atomic E-state index is 12.0. The van der Waals surface area contributed by atoms with Gasteiger partial charge in [-0.15, -0.1) is 0 Å². The quantitative estimate of drug-likeness (QED) is 0.834. The molecule has 0 unspecified atom stereocenters. The van der Waals surface area contributed by atoms with E-state index < -0.39 is 0 Å². The Hall–Kier alpha value is -1.35. The van der Waals surface area contributed by atoms with Crippen LogP contribution in [0.2, 0.25) is 0 Å². The number of hydrazine groups is 1. The smallest absolute Gasteiger partial charge is 0.239 e. The van der Waals surface area contributed by atoms with Crippen molar-refractivity contribution in [2.75, 3.05) is 20.1 Å². The van der Waals surface area contributed by atoms with Crippen molar-refractivity contribution in [3.8, 4) is 0 Å². The predicted octanol–water partition coefficient (Wildman–Crippen LogP) is 2.90. The van der Waals surface area contributed by atoms with Gasteiger partial charge in [0, 0.05) is 26.1 Å². The normalized spacial score (nSPS) is 17.7. The zero-order valence-corrected chi connectivity index (χ0v) is 12.2. The highest BCUT2D eigenvalue weighted by atomic mass is 16.2. The van der Waals surface area contributed by atoms with Crippen molar-refractivity contribution in [1.29, 1.82) is 0 Å². The van der Waals surface area contributed by atoms with Gasteiger partial charge in [0.25, 0.3) is 0 Å². The summed E-state index contributed by atoms with van der Waals surface area (Å²) in [5.74, 6) is 0.912. The van der Waals surface area contributed by atoms with E-state index >= 15 is 0 Å². The molecule has 0 N–H and O–H groups in total. The van der Waals surface area contributed by atoms with Crippen molar-refractivity contribution in [2.24, 2.45) is 5.92 Å². The van der Waals surface area contributed by atoms with Gasteiger partial charge in [-0.3, -0.25) is 9.80 Å². The van der Waals surface area contributed by atoms with Crippen LogP contribution in [0.15, 0.2) is 30.3 Å². The molecule has 1 aromatic carbocycles. The molecule has 0 radical (unpaired) electrons. The minimum absolute atomic E-state index is 0.0665. The maximum absolute atomic E-state index is 12.0. The van der Waals surface area contributed by atoms with Crippen molar-refractivity contribution in [2.45, 2.75) is 32.6 Å². The molecule has 1 fully saturated rings. The minimum Gasteiger partial charge on any atom is -0.278 e. The Labute approximate surface area is 116 Å². The van der Waals surface area contributed by atoms with Crippen molar-refractivity contribution in [3.05, 3.63) is 35.9 Å². The fourth-order valence-electron chi connectivity index (χ4n) is 2.74. The lowest BCUT2D eigenvalue weighted by atomic mass is 9.90. The number of hydrogen-bond donors (Lipinski definition) is 0. The van der Waals surface area contributed by atoms with Crippen molar-refractivity contribution >= 4 is 5.91 Å². The fourth-order valence-corrected chi connectivity index (χ4v) is 2.74. The third-order valence-electron chi connectivity index (χ3n) is 3.98. The first-order valence-electron chi connectivity index (χ1n) is 7.17. The van der Waals surface area contributed by atoms with Gasteiger partial charge in [-0.25, -0.2) is 5.01 Å². The molecule has 1 amide bonds. The number of rotatable bonds is 3. The second kappa shape index (κ2) is 6.20. The summed E-state index contributed by atoms with van der Waals surface area (Å²) in [6.45, 7) is 5.84. The van der Waals surface area contributed by atoms with E-state index in [1.807, 2.05) is 25.9 Å². The number of piperidine rings is 1. The topological polar surface area (TPSA) is 23.6 Å². The van der Waals surface area contributed by atoms with Crippen LogP contribution in [-0.2, 0) is 4.79 Å². The predicted molar refractivity (Wildman–Crippen MR) is 77.6 cm³/mol. The molecule has 2 rings (SSSR count). The average Bonchev–Trinajstić information content (AvgIpc) is 2.46. The Morgan fingerprint density at radius 2 is 1.79 bits per heavy atom. The van der Waals surface area contributed by atoms with Crippen LogP contribution in [0.25, 0.3) is 0 Å². The Kier molecular flexibility index (Phi) is 4.59. The Balaban J connectivity index is 1.91. The Bertz CT molecular complexity index is 408. The number of carbonyl (C=O) groups is 1. The van der Waals surface area contributed by atoms with Crippen molar-refractivity contribution in [1.82, 2.24) is 10.0 Å². The highest BCUT2D eigenvalue weighted by molar-refractivity contribution is 5.77. The van der Waals surface area contributed by atoms with Gasteiger partial charge in [0.15, 0.2) is 0 Å². The summed E-state index contributed by atoms with van der Waals surface area (Å²) >= 11 is 0. The molecule has 0 aromatic heterocycles. The summed E-state index contributed by atoms with van der Waals surface area (Å²) in [6, 6.07) is 10.7. The highest BCUT2D eigenvalue weighted by Gasteiger charge is 2.25. The van der Waals surface area contributed by atoms with E-state index in [0.29, 0.717) is 5.92 Å². The van der Waals surface area contributed by atoms with Crippen LogP contribution in [0.4, 0.5) is 0 Å². The van der Waals surface area contributed by atoms with Crippen LogP contribution in [0, 0.1) is 5.92 Å². The summed E-state index contributed by atoms with van der Waals surface area (Å²) in [7, 11) is 1.89. The second-order valence-electron chi connectivity index (χ2n) is 5.66. The van der Waals surface area contributed by atoms with E-state index in [-0.39, 0.29) is 11.8 Å². The first-order chi connectivity index (χ1) is 9.09. The second-order valence-corrected chi connectivity index (χ2v) is 5.66. The van der Waals surface area contributed by atoms with Gasteiger partial charge in [0.2, 0.25) is 5.91 Å². The molecule has 1 aromatic rings. The third-order valence-corrected chi connectivity index (χ3v) is 3.98. The molecule has 19 heavy (non-hydrogen) atoms. The first kappa shape index (κ1) is 14.1. The van der Waals surface area contributed by atoms with E-state index in [0.717, 1.165) is 25.9 Å². The number of hydrogen-bond acceptors (Lipinski definition) is 2. The van der Waals surface area contributed by atoms with Gasteiger partial charge in [-0.1, -0.05) is 44.2 Å². The zero-order chi connectivity index (χ0) is 13.8. The van der Waals surface area contributed by atoms with Crippen LogP contribution >= 0.6 is 0 Å². The molecule has 0 aliphatic carbocycles. The molecule has 0 spiro atoms. The van der Waals surface area contributed by atoms with Gasteiger partial charge in [-0.05, 0) is 24.3 Å². The molecule has 3 heteroatoms. The lowest BCUT2D eigenvalue weighted by Crippen LogP contribution is -2.48. The molecule has 0 bridgehead atoms. The maximum Gasteiger partial charge on any atom is 0.239 e. The van der Waals surface area contributed by atoms with Crippen molar-refractivity contribution < 1.29 is 4.79 Å². The molecule has 1 aliphatic rings. The fraction of sp³-hybridized carbons (Fsp3) is 0.562. The third kappa shape index (κ3) is 3.35. The lowest BCUT2D eigenvalue weighted by molar-refractivity contribution is -0.151. The van der Waals surface area contributed by atoms with Gasteiger partial charge in [0.1, 0.15) is 0 Å². The largest absolute Gasteiger partial charge is 0.278 e. The van der Waals surface area contributed by atoms with E-state index in [1.54, 1.807) is 0 Å². The van der Waals surface area contributed by atoms with Crippen LogP contribution in [-0.4, -0.2) is 36.1 Å². The van der Waals surface area contributed by atoms with Gasteiger partial charge in [0.05, 0.1) is 0 Å². The number of amides is 1. The zero-order valence-electron chi connectivity index (χ0n) is 12.2. The van der Waals surface area contributed by atoms with Crippen molar-refractivity contribution in [3.63, 3.8) is 0 Å². The lowest BCUT2D eigenvalue weighted by Gasteiger charge is -2.38. The molecule has 1 aliphatic heterocycles. The number of carbonyl (C=O) groups excluding carboxylic acids is 1. The Morgan fingerprint density at radius 3 is 2.32 bits per heavy atom. The van der Waals surface area contributed by atoms with Gasteiger partial charge < -0.3 is 0 Å². The summed E-state index contributed by atoms with van der Waals surface area (Å²) < 4.78 is 0. The van der Waals surface area contributed by atoms with Gasteiger partial charge >= 0.3 is 0 Å². The summed E-state index contributed by atoms with van der Waals surface area (Å²) in [4.78, 5) is 12.0. The molecular weight excluding hydrogens is 236 g/mol. The molecular formula is C16H24N2O. The summed E-state index contributed by atoms with van der Waals surface area (Å²) in [6.07, 6.45) is 2.25. The van der Waals surface area contributed by atoms with E-state index in [4.69, 9.17) is 0 Å². The summed E-state index contributed by atoms with van der Waals surface area (Å²) in [5.41, 5.74) is 1.43. The first-order valence-corrected chi connectivity index (χ1v) is 7.17. The van der Waals surface area contributed by atoms with Crippen LogP contribution in [0.5, 0.6) is 0 Å². The molecule has 1 saturated heterocycles. The number of nitrogens with zero attached hydrogens (tertiary/aromatic N) is 2. The van der Waals surface area contributed by atoms with Gasteiger partial charge in [-0.2, -0.15) is 0 Å². The molecule has 0 atom stereocenters. The van der Waals surface area contributed by atoms with Crippen LogP contribution < -0.4 is 0 Å². The summed E-state index contributed by atoms with van der Waals surface area (Å²) in [5, 5.41) is 3.99. The standard InChI is InChI=1S/C16H24N2O/c1-13(2)16(19)17(3)18-11-9-15(10-12-18)14-7-5-4-6-8-14/h4-8,13,15H,9-12H2,1-3H3. The Morgan fingerprint density at radius 1 is 1.21 bits per heavy atom. The van der Waals surface area contributed by atoms with Crippen LogP contribution in [0.3, 0.4) is 0 Å². The monoisotopic (exact) mass is 260 g/mol. The molecule has 104 valence electrons. The van der Waals surface area contributed by atoms with Crippen LogP contribution in [0.1, 0.15) is 38.2 Å². The highest BCUT2D eigenvalue weighted by Crippen LogP contribution is 2.28. The minimum atomic E-state index is 0.0665. The van der Waals surface area contributed by atoms with E-state index in [1.165, 1.54) is 5.56 Å².